The Morgan fingerprint density at radius 3 is 2.82 bits per heavy atom. The number of carbonyl (C=O) groups is 1. The number of carboxylic acid groups (broad SMARTS) is 1. The second-order valence-electron chi connectivity index (χ2n) is 4.24. The molecule has 0 unspecified atom stereocenters. The molecule has 0 amide bonds. The zero-order valence-electron chi connectivity index (χ0n) is 9.59. The molecule has 1 saturated heterocycles. The molecule has 1 heterocycles. The molecule has 0 spiro atoms. The lowest BCUT2D eigenvalue weighted by Crippen LogP contribution is -2.49. The Kier molecular flexibility index (Phi) is 3.19. The maximum Gasteiger partial charge on any atom is 0.309 e. The molecule has 1 fully saturated rings. The number of nitrogens with zero attached hydrogens (tertiary/aromatic N) is 1. The lowest BCUT2D eigenvalue weighted by atomic mass is 9.99. The zero-order chi connectivity index (χ0) is 12.4. The molecule has 0 bridgehead atoms. The van der Waals surface area contributed by atoms with Crippen molar-refractivity contribution >= 4 is 5.97 Å². The summed E-state index contributed by atoms with van der Waals surface area (Å²) in [7, 11) is 1.50. The van der Waals surface area contributed by atoms with Crippen molar-refractivity contribution < 1.29 is 19.7 Å². The van der Waals surface area contributed by atoms with Crippen LogP contribution in [0.25, 0.3) is 0 Å². The van der Waals surface area contributed by atoms with Crippen molar-refractivity contribution in [3.8, 4) is 11.5 Å². The van der Waals surface area contributed by atoms with Crippen LogP contribution < -0.4 is 4.74 Å². The monoisotopic (exact) mass is 237 g/mol. The molecular formula is C12H15NO4. The van der Waals surface area contributed by atoms with E-state index < -0.39 is 5.97 Å². The maximum absolute atomic E-state index is 10.6. The van der Waals surface area contributed by atoms with Crippen LogP contribution in [0.1, 0.15) is 5.56 Å². The minimum absolute atomic E-state index is 0.114. The second-order valence-corrected chi connectivity index (χ2v) is 4.24. The van der Waals surface area contributed by atoms with E-state index in [1.807, 2.05) is 11.0 Å². The van der Waals surface area contributed by atoms with Gasteiger partial charge < -0.3 is 14.9 Å². The van der Waals surface area contributed by atoms with Gasteiger partial charge in [0.15, 0.2) is 11.5 Å². The van der Waals surface area contributed by atoms with Crippen molar-refractivity contribution in [1.82, 2.24) is 4.90 Å². The van der Waals surface area contributed by atoms with Gasteiger partial charge in [-0.05, 0) is 17.7 Å². The molecule has 1 aromatic rings. The summed E-state index contributed by atoms with van der Waals surface area (Å²) >= 11 is 0. The quantitative estimate of drug-likeness (QED) is 0.814. The topological polar surface area (TPSA) is 70.0 Å². The lowest BCUT2D eigenvalue weighted by Gasteiger charge is -2.36. The molecule has 92 valence electrons. The van der Waals surface area contributed by atoms with E-state index >= 15 is 0 Å². The minimum Gasteiger partial charge on any atom is -0.504 e. The summed E-state index contributed by atoms with van der Waals surface area (Å²) in [6, 6.07) is 5.16. The van der Waals surface area contributed by atoms with E-state index in [4.69, 9.17) is 9.84 Å². The molecule has 0 aromatic heterocycles. The molecule has 1 aromatic carbocycles. The molecule has 0 atom stereocenters. The Bertz CT molecular complexity index is 427. The summed E-state index contributed by atoms with van der Waals surface area (Å²) in [4.78, 5) is 12.7. The predicted molar refractivity (Wildman–Crippen MR) is 61.1 cm³/mol. The highest BCUT2D eigenvalue weighted by molar-refractivity contribution is 5.71. The largest absolute Gasteiger partial charge is 0.504 e. The Hall–Kier alpha value is -1.75. The summed E-state index contributed by atoms with van der Waals surface area (Å²) in [5.41, 5.74) is 1.00. The van der Waals surface area contributed by atoms with Crippen molar-refractivity contribution in [1.29, 1.82) is 0 Å². The van der Waals surface area contributed by atoms with Crippen LogP contribution in [0, 0.1) is 5.92 Å². The van der Waals surface area contributed by atoms with Gasteiger partial charge in [-0.2, -0.15) is 0 Å². The number of aromatic hydroxyl groups is 1. The number of rotatable bonds is 4. The number of methoxy groups -OCH3 is 1. The molecule has 0 aliphatic carbocycles. The van der Waals surface area contributed by atoms with Gasteiger partial charge in [-0.15, -0.1) is 0 Å². The van der Waals surface area contributed by atoms with Crippen LogP contribution in [0.2, 0.25) is 0 Å². The molecule has 1 aliphatic heterocycles. The molecule has 1 aliphatic rings. The van der Waals surface area contributed by atoms with Crippen LogP contribution in [0.3, 0.4) is 0 Å². The third-order valence-corrected chi connectivity index (χ3v) is 2.96. The van der Waals surface area contributed by atoms with Gasteiger partial charge in [0.05, 0.1) is 13.0 Å². The predicted octanol–water partition coefficient (Wildman–Crippen LogP) is 0.917. The number of aliphatic carboxylic acids is 1. The smallest absolute Gasteiger partial charge is 0.309 e. The Morgan fingerprint density at radius 1 is 1.53 bits per heavy atom. The third-order valence-electron chi connectivity index (χ3n) is 2.96. The van der Waals surface area contributed by atoms with E-state index in [0.717, 1.165) is 5.56 Å². The Balaban J connectivity index is 1.94. The molecule has 0 radical (unpaired) electrons. The van der Waals surface area contributed by atoms with E-state index in [1.165, 1.54) is 7.11 Å². The number of phenolic OH excluding ortho intramolecular Hbond substituents is 1. The number of benzene rings is 1. The van der Waals surface area contributed by atoms with Crippen molar-refractivity contribution in [2.75, 3.05) is 20.2 Å². The van der Waals surface area contributed by atoms with Crippen molar-refractivity contribution in [2.45, 2.75) is 6.54 Å². The van der Waals surface area contributed by atoms with Crippen LogP contribution in [-0.2, 0) is 11.3 Å². The zero-order valence-corrected chi connectivity index (χ0v) is 9.59. The van der Waals surface area contributed by atoms with Crippen LogP contribution in [0.4, 0.5) is 0 Å². The molecule has 2 rings (SSSR count). The summed E-state index contributed by atoms with van der Waals surface area (Å²) in [5, 5.41) is 18.2. The molecule has 0 saturated carbocycles. The van der Waals surface area contributed by atoms with Crippen LogP contribution in [0.15, 0.2) is 18.2 Å². The SMILES string of the molecule is COc1cc(CN2CC(C(=O)O)C2)ccc1O. The number of ether oxygens (including phenoxy) is 1. The fourth-order valence-electron chi connectivity index (χ4n) is 1.93. The molecule has 2 N–H and O–H groups in total. The van der Waals surface area contributed by atoms with Crippen molar-refractivity contribution in [2.24, 2.45) is 5.92 Å². The summed E-state index contributed by atoms with van der Waals surface area (Å²) in [6.45, 7) is 1.84. The van der Waals surface area contributed by atoms with Crippen molar-refractivity contribution in [3.05, 3.63) is 23.8 Å². The number of carboxylic acids is 1. The van der Waals surface area contributed by atoms with Gasteiger partial charge in [0.1, 0.15) is 0 Å². The van der Waals surface area contributed by atoms with Gasteiger partial charge in [-0.25, -0.2) is 0 Å². The number of likely N-dealkylation sites (tertiary alicyclic amines) is 1. The first-order valence-corrected chi connectivity index (χ1v) is 5.41. The van der Waals surface area contributed by atoms with Crippen LogP contribution in [0.5, 0.6) is 11.5 Å². The molecule has 5 nitrogen and oxygen atoms in total. The molecular weight excluding hydrogens is 222 g/mol. The van der Waals surface area contributed by atoms with Crippen molar-refractivity contribution in [3.63, 3.8) is 0 Å². The van der Waals surface area contributed by atoms with Gasteiger partial charge in [0.2, 0.25) is 0 Å². The van der Waals surface area contributed by atoms with Gasteiger partial charge in [-0.3, -0.25) is 9.69 Å². The average Bonchev–Trinajstić information content (AvgIpc) is 2.24. The van der Waals surface area contributed by atoms with E-state index in [2.05, 4.69) is 0 Å². The first-order valence-electron chi connectivity index (χ1n) is 5.41. The van der Waals surface area contributed by atoms with Gasteiger partial charge in [-0.1, -0.05) is 6.07 Å². The Labute approximate surface area is 99.2 Å². The fourth-order valence-corrected chi connectivity index (χ4v) is 1.93. The molecule has 17 heavy (non-hydrogen) atoms. The standard InChI is InChI=1S/C12H15NO4/c1-17-11-4-8(2-3-10(11)14)5-13-6-9(7-13)12(15)16/h2-4,9,14H,5-7H2,1H3,(H,15,16). The van der Waals surface area contributed by atoms with Gasteiger partial charge in [0, 0.05) is 19.6 Å². The van der Waals surface area contributed by atoms with Gasteiger partial charge >= 0.3 is 5.97 Å². The van der Waals surface area contributed by atoms with Gasteiger partial charge in [0.25, 0.3) is 0 Å². The maximum atomic E-state index is 10.6. The van der Waals surface area contributed by atoms with E-state index in [1.54, 1.807) is 12.1 Å². The van der Waals surface area contributed by atoms with Crippen LogP contribution >= 0.6 is 0 Å². The number of phenols is 1. The highest BCUT2D eigenvalue weighted by atomic mass is 16.5. The minimum atomic E-state index is -0.732. The Morgan fingerprint density at radius 2 is 2.24 bits per heavy atom. The second kappa shape index (κ2) is 4.63. The molecule has 5 heteroatoms. The first kappa shape index (κ1) is 11.7. The lowest BCUT2D eigenvalue weighted by molar-refractivity contribution is -0.147. The number of hydrogen-bond donors (Lipinski definition) is 2. The summed E-state index contributed by atoms with van der Waals surface area (Å²) in [5.74, 6) is -0.417. The van der Waals surface area contributed by atoms with Crippen LogP contribution in [-0.4, -0.2) is 41.3 Å². The summed E-state index contributed by atoms with van der Waals surface area (Å²) in [6.07, 6.45) is 0. The van der Waals surface area contributed by atoms with E-state index in [0.29, 0.717) is 25.4 Å². The summed E-state index contributed by atoms with van der Waals surface area (Å²) < 4.78 is 5.02. The normalized spacial score (nSPS) is 16.5. The highest BCUT2D eigenvalue weighted by Gasteiger charge is 2.32. The highest BCUT2D eigenvalue weighted by Crippen LogP contribution is 2.28. The average molecular weight is 237 g/mol. The van der Waals surface area contributed by atoms with E-state index in [-0.39, 0.29) is 11.7 Å². The first-order chi connectivity index (χ1) is 8.10. The van der Waals surface area contributed by atoms with E-state index in [9.17, 15) is 9.90 Å². The third kappa shape index (κ3) is 2.50. The number of hydrogen-bond acceptors (Lipinski definition) is 4. The fraction of sp³-hybridized carbons (Fsp3) is 0.417.